The fourth-order valence-corrected chi connectivity index (χ4v) is 3.10. The first-order chi connectivity index (χ1) is 10.5. The zero-order chi connectivity index (χ0) is 15.6. The largest absolute Gasteiger partial charge is 0.418 e. The minimum atomic E-state index is -4.33. The molecule has 118 valence electrons. The predicted molar refractivity (Wildman–Crippen MR) is 78.8 cm³/mol. The standard InChI is InChI=1S/C14H15F3N4S/c15-14(16,17)12-3-1-2-4-13(12)21-6-5-10(8-21)18-7-11-9-22-20-19-11/h1-4,9-10,18H,5-8H2. The highest BCUT2D eigenvalue weighted by Gasteiger charge is 2.36. The Kier molecular flexibility index (Phi) is 4.30. The SMILES string of the molecule is FC(F)(F)c1ccccc1N1CCC(NCc2csnn2)C1. The molecule has 0 radical (unpaired) electrons. The van der Waals surface area contributed by atoms with Crippen LogP contribution in [-0.2, 0) is 12.7 Å². The first kappa shape index (κ1) is 15.2. The molecule has 2 heterocycles. The second-order valence-electron chi connectivity index (χ2n) is 5.22. The quantitative estimate of drug-likeness (QED) is 0.937. The molecule has 3 rings (SSSR count). The molecule has 0 bridgehead atoms. The van der Waals surface area contributed by atoms with Gasteiger partial charge in [-0.2, -0.15) is 13.2 Å². The van der Waals surface area contributed by atoms with Crippen LogP contribution in [0.25, 0.3) is 0 Å². The van der Waals surface area contributed by atoms with Gasteiger partial charge < -0.3 is 10.2 Å². The van der Waals surface area contributed by atoms with Crippen molar-refractivity contribution in [2.75, 3.05) is 18.0 Å². The molecule has 1 aromatic carbocycles. The van der Waals surface area contributed by atoms with Gasteiger partial charge in [0.2, 0.25) is 0 Å². The van der Waals surface area contributed by atoms with Crippen molar-refractivity contribution in [3.05, 3.63) is 40.9 Å². The van der Waals surface area contributed by atoms with Crippen LogP contribution >= 0.6 is 11.5 Å². The molecular formula is C14H15F3N4S. The summed E-state index contributed by atoms with van der Waals surface area (Å²) in [4.78, 5) is 1.79. The van der Waals surface area contributed by atoms with Crippen molar-refractivity contribution in [2.24, 2.45) is 0 Å². The summed E-state index contributed by atoms with van der Waals surface area (Å²) in [5.74, 6) is 0. The summed E-state index contributed by atoms with van der Waals surface area (Å²) in [6.45, 7) is 1.76. The molecule has 1 atom stereocenters. The van der Waals surface area contributed by atoms with Gasteiger partial charge in [-0.1, -0.05) is 16.6 Å². The number of anilines is 1. The van der Waals surface area contributed by atoms with Crippen LogP contribution in [0.2, 0.25) is 0 Å². The average Bonchev–Trinajstić information content (AvgIpc) is 3.16. The Balaban J connectivity index is 1.65. The third kappa shape index (κ3) is 3.38. The van der Waals surface area contributed by atoms with E-state index in [1.54, 1.807) is 11.0 Å². The first-order valence-electron chi connectivity index (χ1n) is 6.94. The van der Waals surface area contributed by atoms with Crippen molar-refractivity contribution >= 4 is 17.2 Å². The Morgan fingerprint density at radius 1 is 1.32 bits per heavy atom. The van der Waals surface area contributed by atoms with E-state index in [4.69, 9.17) is 0 Å². The molecular weight excluding hydrogens is 313 g/mol. The van der Waals surface area contributed by atoms with Gasteiger partial charge in [-0.3, -0.25) is 0 Å². The van der Waals surface area contributed by atoms with E-state index < -0.39 is 11.7 Å². The van der Waals surface area contributed by atoms with Crippen LogP contribution in [0, 0.1) is 0 Å². The third-order valence-electron chi connectivity index (χ3n) is 3.72. The zero-order valence-electron chi connectivity index (χ0n) is 11.7. The maximum atomic E-state index is 13.1. The van der Waals surface area contributed by atoms with E-state index in [9.17, 15) is 13.2 Å². The number of benzene rings is 1. The molecule has 2 aromatic rings. The molecule has 0 aliphatic carbocycles. The molecule has 1 saturated heterocycles. The molecule has 1 fully saturated rings. The zero-order valence-corrected chi connectivity index (χ0v) is 12.5. The van der Waals surface area contributed by atoms with E-state index in [1.807, 2.05) is 5.38 Å². The maximum absolute atomic E-state index is 13.1. The number of hydrogen-bond acceptors (Lipinski definition) is 5. The van der Waals surface area contributed by atoms with Gasteiger partial charge in [-0.15, -0.1) is 5.10 Å². The Labute approximate surface area is 130 Å². The molecule has 1 unspecified atom stereocenters. The van der Waals surface area contributed by atoms with Crippen LogP contribution in [-0.4, -0.2) is 28.7 Å². The van der Waals surface area contributed by atoms with Gasteiger partial charge in [0.05, 0.1) is 11.3 Å². The molecule has 1 N–H and O–H groups in total. The van der Waals surface area contributed by atoms with Crippen LogP contribution in [0.15, 0.2) is 29.6 Å². The number of alkyl halides is 3. The molecule has 0 amide bonds. The fourth-order valence-electron chi connectivity index (χ4n) is 2.64. The number of rotatable bonds is 4. The van der Waals surface area contributed by atoms with Crippen LogP contribution in [0.4, 0.5) is 18.9 Å². The van der Waals surface area contributed by atoms with Crippen LogP contribution in [0.1, 0.15) is 17.7 Å². The minimum absolute atomic E-state index is 0.156. The minimum Gasteiger partial charge on any atom is -0.369 e. The summed E-state index contributed by atoms with van der Waals surface area (Å²) in [6, 6.07) is 5.90. The third-order valence-corrected chi connectivity index (χ3v) is 4.27. The Morgan fingerprint density at radius 3 is 2.86 bits per heavy atom. The van der Waals surface area contributed by atoms with Crippen molar-refractivity contribution in [3.63, 3.8) is 0 Å². The molecule has 0 saturated carbocycles. The van der Waals surface area contributed by atoms with Crippen LogP contribution in [0.5, 0.6) is 0 Å². The summed E-state index contributed by atoms with van der Waals surface area (Å²) in [5, 5.41) is 9.13. The number of aromatic nitrogens is 2. The number of halogens is 3. The summed E-state index contributed by atoms with van der Waals surface area (Å²) >= 11 is 1.29. The van der Waals surface area contributed by atoms with Crippen molar-refractivity contribution < 1.29 is 13.2 Å². The number of hydrogen-bond donors (Lipinski definition) is 1. The van der Waals surface area contributed by atoms with Gasteiger partial charge in [-0.05, 0) is 30.1 Å². The van der Waals surface area contributed by atoms with Gasteiger partial charge in [0.1, 0.15) is 0 Å². The summed E-state index contributed by atoms with van der Waals surface area (Å²) in [7, 11) is 0. The Morgan fingerprint density at radius 2 is 2.14 bits per heavy atom. The lowest BCUT2D eigenvalue weighted by atomic mass is 10.1. The van der Waals surface area contributed by atoms with Gasteiger partial charge in [0.15, 0.2) is 0 Å². The van der Waals surface area contributed by atoms with E-state index in [0.717, 1.165) is 18.2 Å². The molecule has 1 aliphatic heterocycles. The summed E-state index contributed by atoms with van der Waals surface area (Å²) in [5.41, 5.74) is 0.549. The molecule has 1 aliphatic rings. The lowest BCUT2D eigenvalue weighted by Gasteiger charge is -2.23. The Hall–Kier alpha value is -1.67. The summed E-state index contributed by atoms with van der Waals surface area (Å²) in [6.07, 6.45) is -3.52. The molecule has 22 heavy (non-hydrogen) atoms. The van der Waals surface area contributed by atoms with E-state index in [0.29, 0.717) is 19.6 Å². The van der Waals surface area contributed by atoms with Crippen LogP contribution in [0.3, 0.4) is 0 Å². The molecule has 1 aromatic heterocycles. The predicted octanol–water partition coefficient (Wildman–Crippen LogP) is 2.93. The smallest absolute Gasteiger partial charge is 0.369 e. The molecule has 0 spiro atoms. The topological polar surface area (TPSA) is 41.0 Å². The molecule has 8 heteroatoms. The van der Waals surface area contributed by atoms with Crippen molar-refractivity contribution in [3.8, 4) is 0 Å². The monoisotopic (exact) mass is 328 g/mol. The van der Waals surface area contributed by atoms with Gasteiger partial charge in [0.25, 0.3) is 0 Å². The lowest BCUT2D eigenvalue weighted by Crippen LogP contribution is -2.32. The van der Waals surface area contributed by atoms with Gasteiger partial charge in [-0.25, -0.2) is 0 Å². The lowest BCUT2D eigenvalue weighted by molar-refractivity contribution is -0.137. The van der Waals surface area contributed by atoms with E-state index in [1.165, 1.54) is 23.7 Å². The van der Waals surface area contributed by atoms with Gasteiger partial charge >= 0.3 is 6.18 Å². The van der Waals surface area contributed by atoms with Crippen molar-refractivity contribution in [1.29, 1.82) is 0 Å². The fraction of sp³-hybridized carbons (Fsp3) is 0.429. The molecule has 4 nitrogen and oxygen atoms in total. The Bertz CT molecular complexity index is 615. The normalized spacial score (nSPS) is 18.9. The second-order valence-corrected chi connectivity index (χ2v) is 5.83. The van der Waals surface area contributed by atoms with Crippen molar-refractivity contribution in [2.45, 2.75) is 25.2 Å². The average molecular weight is 328 g/mol. The van der Waals surface area contributed by atoms with E-state index in [2.05, 4.69) is 14.9 Å². The van der Waals surface area contributed by atoms with Gasteiger partial charge in [0, 0.05) is 36.7 Å². The highest BCUT2D eigenvalue weighted by atomic mass is 32.1. The van der Waals surface area contributed by atoms with E-state index >= 15 is 0 Å². The van der Waals surface area contributed by atoms with Crippen molar-refractivity contribution in [1.82, 2.24) is 14.9 Å². The highest BCUT2D eigenvalue weighted by Crippen LogP contribution is 2.37. The second kappa shape index (κ2) is 6.21. The van der Waals surface area contributed by atoms with Crippen LogP contribution < -0.4 is 10.2 Å². The number of para-hydroxylation sites is 1. The number of nitrogens with zero attached hydrogens (tertiary/aromatic N) is 3. The number of nitrogens with one attached hydrogen (secondary N) is 1. The highest BCUT2D eigenvalue weighted by molar-refractivity contribution is 7.03. The van der Waals surface area contributed by atoms with E-state index in [-0.39, 0.29) is 11.7 Å². The first-order valence-corrected chi connectivity index (χ1v) is 7.78. The summed E-state index contributed by atoms with van der Waals surface area (Å²) < 4.78 is 43.0. The maximum Gasteiger partial charge on any atom is 0.418 e.